The Morgan fingerprint density at radius 1 is 1.11 bits per heavy atom. The van der Waals surface area contributed by atoms with E-state index in [0.717, 1.165) is 28.0 Å². The van der Waals surface area contributed by atoms with Crippen LogP contribution in [0.5, 0.6) is 11.5 Å². The molecule has 0 aliphatic carbocycles. The van der Waals surface area contributed by atoms with Crippen LogP contribution in [0.15, 0.2) is 42.5 Å². The van der Waals surface area contributed by atoms with Gasteiger partial charge in [0, 0.05) is 5.33 Å². The van der Waals surface area contributed by atoms with Crippen LogP contribution in [0.4, 0.5) is 0 Å². The number of aryl methyl sites for hydroxylation is 1. The zero-order valence-corrected chi connectivity index (χ0v) is 12.3. The lowest BCUT2D eigenvalue weighted by atomic mass is 10.1. The van der Waals surface area contributed by atoms with E-state index in [1.807, 2.05) is 43.3 Å². The van der Waals surface area contributed by atoms with Gasteiger partial charge in [-0.05, 0) is 41.8 Å². The quantitative estimate of drug-likeness (QED) is 0.763. The summed E-state index contributed by atoms with van der Waals surface area (Å²) in [4.78, 5) is 0. The number of nitrogens with zero attached hydrogens (tertiary/aromatic N) is 1. The van der Waals surface area contributed by atoms with E-state index in [-0.39, 0.29) is 0 Å². The van der Waals surface area contributed by atoms with Crippen molar-refractivity contribution in [2.75, 3.05) is 0 Å². The fourth-order valence-electron chi connectivity index (χ4n) is 1.80. The van der Waals surface area contributed by atoms with Crippen molar-refractivity contribution < 1.29 is 4.74 Å². The van der Waals surface area contributed by atoms with Crippen molar-refractivity contribution in [2.45, 2.75) is 18.7 Å². The highest BCUT2D eigenvalue weighted by Crippen LogP contribution is 2.26. The minimum absolute atomic E-state index is 0.430. The third kappa shape index (κ3) is 3.59. The van der Waals surface area contributed by atoms with Crippen molar-refractivity contribution in [2.24, 2.45) is 0 Å². The summed E-state index contributed by atoms with van der Waals surface area (Å²) in [7, 11) is 0. The molecule has 19 heavy (non-hydrogen) atoms. The number of alkyl halides is 1. The number of nitriles is 1. The molecule has 0 aliphatic heterocycles. The van der Waals surface area contributed by atoms with Gasteiger partial charge in [-0.15, -0.1) is 0 Å². The molecule has 2 rings (SSSR count). The maximum Gasteiger partial charge on any atom is 0.130 e. The molecule has 0 saturated heterocycles. The molecule has 3 heteroatoms. The smallest absolute Gasteiger partial charge is 0.130 e. The van der Waals surface area contributed by atoms with Gasteiger partial charge in [0.15, 0.2) is 0 Å². The molecule has 0 aromatic heterocycles. The Bertz CT molecular complexity index is 599. The second-order valence-electron chi connectivity index (χ2n) is 4.31. The SMILES string of the molecule is Cc1cc(CBr)ccc1Oc1ccc(CC#N)cc1. The molecular formula is C16H14BrNO. The Morgan fingerprint density at radius 3 is 2.37 bits per heavy atom. The van der Waals surface area contributed by atoms with E-state index >= 15 is 0 Å². The predicted molar refractivity (Wildman–Crippen MR) is 79.6 cm³/mol. The first-order valence-corrected chi connectivity index (χ1v) is 7.14. The Kier molecular flexibility index (Phi) is 4.59. The van der Waals surface area contributed by atoms with Gasteiger partial charge in [-0.25, -0.2) is 0 Å². The summed E-state index contributed by atoms with van der Waals surface area (Å²) in [6, 6.07) is 15.9. The minimum Gasteiger partial charge on any atom is -0.457 e. The monoisotopic (exact) mass is 315 g/mol. The van der Waals surface area contributed by atoms with E-state index in [1.54, 1.807) is 0 Å². The van der Waals surface area contributed by atoms with Gasteiger partial charge < -0.3 is 4.74 Å². The molecule has 2 aromatic rings. The van der Waals surface area contributed by atoms with Gasteiger partial charge in [-0.1, -0.05) is 40.2 Å². The molecule has 96 valence electrons. The predicted octanol–water partition coefficient (Wildman–Crippen LogP) is 4.75. The molecule has 0 atom stereocenters. The summed E-state index contributed by atoms with van der Waals surface area (Å²) >= 11 is 3.44. The largest absolute Gasteiger partial charge is 0.457 e. The number of hydrogen-bond acceptors (Lipinski definition) is 2. The summed E-state index contributed by atoms with van der Waals surface area (Å²) in [5, 5.41) is 9.47. The summed E-state index contributed by atoms with van der Waals surface area (Å²) < 4.78 is 5.84. The average molecular weight is 316 g/mol. The van der Waals surface area contributed by atoms with E-state index in [9.17, 15) is 0 Å². The molecule has 2 nitrogen and oxygen atoms in total. The summed E-state index contributed by atoms with van der Waals surface area (Å²) in [6.07, 6.45) is 0.430. The molecular weight excluding hydrogens is 302 g/mol. The Hall–Kier alpha value is -1.79. The molecule has 0 heterocycles. The highest BCUT2D eigenvalue weighted by molar-refractivity contribution is 9.08. The number of ether oxygens (including phenoxy) is 1. The van der Waals surface area contributed by atoms with Crippen LogP contribution in [0.1, 0.15) is 16.7 Å². The molecule has 0 fully saturated rings. The van der Waals surface area contributed by atoms with Crippen molar-refractivity contribution >= 4 is 15.9 Å². The van der Waals surface area contributed by atoms with Crippen LogP contribution in [-0.2, 0) is 11.8 Å². The lowest BCUT2D eigenvalue weighted by molar-refractivity contribution is 0.478. The summed E-state index contributed by atoms with van der Waals surface area (Å²) in [6.45, 7) is 2.03. The fourth-order valence-corrected chi connectivity index (χ4v) is 2.15. The Morgan fingerprint density at radius 2 is 1.79 bits per heavy atom. The molecule has 0 aliphatic rings. The molecule has 0 unspecified atom stereocenters. The van der Waals surface area contributed by atoms with Gasteiger partial charge >= 0.3 is 0 Å². The topological polar surface area (TPSA) is 33.0 Å². The highest BCUT2D eigenvalue weighted by Gasteiger charge is 2.03. The third-order valence-electron chi connectivity index (χ3n) is 2.83. The maximum atomic E-state index is 8.62. The van der Waals surface area contributed by atoms with Gasteiger partial charge in [0.2, 0.25) is 0 Å². The van der Waals surface area contributed by atoms with Crippen LogP contribution in [0.25, 0.3) is 0 Å². The lowest BCUT2D eigenvalue weighted by Gasteiger charge is -2.10. The van der Waals surface area contributed by atoms with Crippen molar-refractivity contribution in [1.82, 2.24) is 0 Å². The molecule has 0 spiro atoms. The number of halogens is 1. The first-order chi connectivity index (χ1) is 9.22. The average Bonchev–Trinajstić information content (AvgIpc) is 2.43. The Labute approximate surface area is 121 Å². The lowest BCUT2D eigenvalue weighted by Crippen LogP contribution is -1.90. The molecule has 0 bridgehead atoms. The van der Waals surface area contributed by atoms with Gasteiger partial charge in [-0.2, -0.15) is 5.26 Å². The van der Waals surface area contributed by atoms with E-state index in [1.165, 1.54) is 5.56 Å². The second kappa shape index (κ2) is 6.40. The van der Waals surface area contributed by atoms with Crippen molar-refractivity contribution in [3.63, 3.8) is 0 Å². The van der Waals surface area contributed by atoms with Crippen LogP contribution < -0.4 is 4.74 Å². The molecule has 0 N–H and O–H groups in total. The van der Waals surface area contributed by atoms with Crippen molar-refractivity contribution in [1.29, 1.82) is 5.26 Å². The van der Waals surface area contributed by atoms with Crippen LogP contribution in [-0.4, -0.2) is 0 Å². The molecule has 0 saturated carbocycles. The highest BCUT2D eigenvalue weighted by atomic mass is 79.9. The number of hydrogen-bond donors (Lipinski definition) is 0. The zero-order valence-electron chi connectivity index (χ0n) is 10.7. The van der Waals surface area contributed by atoms with Gasteiger partial charge in [-0.3, -0.25) is 0 Å². The Balaban J connectivity index is 2.15. The van der Waals surface area contributed by atoms with E-state index < -0.39 is 0 Å². The second-order valence-corrected chi connectivity index (χ2v) is 4.88. The van der Waals surface area contributed by atoms with Gasteiger partial charge in [0.05, 0.1) is 12.5 Å². The normalized spacial score (nSPS) is 9.95. The molecule has 2 aromatic carbocycles. The maximum absolute atomic E-state index is 8.62. The van der Waals surface area contributed by atoms with E-state index in [2.05, 4.69) is 28.1 Å². The summed E-state index contributed by atoms with van der Waals surface area (Å²) in [5.74, 6) is 1.65. The first kappa shape index (κ1) is 13.6. The van der Waals surface area contributed by atoms with Gasteiger partial charge in [0.25, 0.3) is 0 Å². The minimum atomic E-state index is 0.430. The standard InChI is InChI=1S/C16H14BrNO/c1-12-10-14(11-17)4-7-16(12)19-15-5-2-13(3-6-15)8-9-18/h2-7,10H,8,11H2,1H3. The van der Waals surface area contributed by atoms with Crippen LogP contribution in [0, 0.1) is 18.3 Å². The van der Waals surface area contributed by atoms with Gasteiger partial charge in [0.1, 0.15) is 11.5 Å². The third-order valence-corrected chi connectivity index (χ3v) is 3.48. The molecule has 0 radical (unpaired) electrons. The van der Waals surface area contributed by atoms with Crippen LogP contribution in [0.2, 0.25) is 0 Å². The van der Waals surface area contributed by atoms with Crippen molar-refractivity contribution in [3.8, 4) is 17.6 Å². The van der Waals surface area contributed by atoms with Crippen LogP contribution >= 0.6 is 15.9 Å². The van der Waals surface area contributed by atoms with E-state index in [4.69, 9.17) is 10.00 Å². The number of rotatable bonds is 4. The fraction of sp³-hybridized carbons (Fsp3) is 0.188. The first-order valence-electron chi connectivity index (χ1n) is 6.02. The van der Waals surface area contributed by atoms with Crippen molar-refractivity contribution in [3.05, 3.63) is 59.2 Å². The molecule has 0 amide bonds. The van der Waals surface area contributed by atoms with Crippen LogP contribution in [0.3, 0.4) is 0 Å². The zero-order chi connectivity index (χ0) is 13.7. The summed E-state index contributed by atoms with van der Waals surface area (Å²) in [5.41, 5.74) is 3.34. The van der Waals surface area contributed by atoms with E-state index in [0.29, 0.717) is 6.42 Å². The number of benzene rings is 2.